The first-order valence-electron chi connectivity index (χ1n) is 26.1. The normalized spacial score (nSPS) is 19.1. The molecule has 5 atom stereocenters. The molecule has 0 saturated carbocycles. The van der Waals surface area contributed by atoms with Gasteiger partial charge in [-0.25, -0.2) is 9.59 Å². The fourth-order valence-electron chi connectivity index (χ4n) is 10.1. The molecule has 0 unspecified atom stereocenters. The summed E-state index contributed by atoms with van der Waals surface area (Å²) in [6, 6.07) is 38.4. The topological polar surface area (TPSA) is 159 Å². The number of hydrogen-bond acceptors (Lipinski definition) is 9. The van der Waals surface area contributed by atoms with E-state index in [-0.39, 0.29) is 35.1 Å². The van der Waals surface area contributed by atoms with E-state index in [9.17, 15) is 24.3 Å². The van der Waals surface area contributed by atoms with Crippen molar-refractivity contribution in [1.29, 1.82) is 0 Å². The van der Waals surface area contributed by atoms with E-state index in [2.05, 4.69) is 93.8 Å². The molecule has 0 aromatic heterocycles. The van der Waals surface area contributed by atoms with E-state index in [1.165, 1.54) is 4.90 Å². The molecule has 4 heterocycles. The number of para-hydroxylation sites is 2. The number of carbonyl (C=O) groups excluding carboxylic acids is 3. The number of benzene rings is 5. The Hall–Kier alpha value is -5.92. The molecule has 0 spiro atoms. The fraction of sp³-hybridized carbons (Fsp3) is 0.414. The number of hydrazine groups is 2. The third kappa shape index (κ3) is 12.7. The lowest BCUT2D eigenvalue weighted by atomic mass is 9.89. The summed E-state index contributed by atoms with van der Waals surface area (Å²) in [4.78, 5) is 54.7. The third-order valence-corrected chi connectivity index (χ3v) is 20.8. The molecule has 15 nitrogen and oxygen atoms in total. The van der Waals surface area contributed by atoms with Crippen molar-refractivity contribution in [2.45, 2.75) is 121 Å². The molecule has 4 aliphatic rings. The number of halogens is 2. The minimum absolute atomic E-state index is 0.0163. The Kier molecular flexibility index (Phi) is 17.6. The number of rotatable bonds is 12. The van der Waals surface area contributed by atoms with Crippen LogP contribution in [0.15, 0.2) is 136 Å². The lowest BCUT2D eigenvalue weighted by Crippen LogP contribution is -2.54. The van der Waals surface area contributed by atoms with Gasteiger partial charge in [0.05, 0.1) is 36.2 Å². The molecule has 0 aliphatic carbocycles. The fourth-order valence-corrected chi connectivity index (χ4v) is 12.4. The second-order valence-electron chi connectivity index (χ2n) is 22.2. The molecular weight excluding hydrogens is 1110 g/mol. The van der Waals surface area contributed by atoms with Crippen LogP contribution in [-0.2, 0) is 25.3 Å². The Balaban J connectivity index is 0.000000226. The van der Waals surface area contributed by atoms with Gasteiger partial charge in [0.2, 0.25) is 0 Å². The number of carboxylic acid groups (broad SMARTS) is 1. The van der Waals surface area contributed by atoms with E-state index in [1.54, 1.807) is 30.8 Å². The zero-order valence-corrected chi connectivity index (χ0v) is 48.9. The highest BCUT2D eigenvalue weighted by Gasteiger charge is 2.46. The largest absolute Gasteiger partial charge is 0.465 e. The monoisotopic (exact) mass is 1180 g/mol. The number of ether oxygens (including phenoxy) is 1. The first kappa shape index (κ1) is 56.3. The second kappa shape index (κ2) is 23.8. The van der Waals surface area contributed by atoms with Gasteiger partial charge in [-0.15, -0.1) is 0 Å². The summed E-state index contributed by atoms with van der Waals surface area (Å²) in [5.74, 6) is -0.430. The molecule has 5 amide bonds. The van der Waals surface area contributed by atoms with Crippen molar-refractivity contribution in [2.75, 3.05) is 48.1 Å². The van der Waals surface area contributed by atoms with Gasteiger partial charge in [0, 0.05) is 64.9 Å². The van der Waals surface area contributed by atoms with Crippen LogP contribution in [0.3, 0.4) is 0 Å². The highest BCUT2D eigenvalue weighted by molar-refractivity contribution is 9.11. The predicted octanol–water partition coefficient (Wildman–Crippen LogP) is 12.2. The van der Waals surface area contributed by atoms with Crippen molar-refractivity contribution < 1.29 is 33.4 Å². The maximum atomic E-state index is 14.1. The summed E-state index contributed by atoms with van der Waals surface area (Å²) in [6.45, 7) is 20.2. The van der Waals surface area contributed by atoms with Crippen molar-refractivity contribution in [3.05, 3.63) is 159 Å². The number of anilines is 3. The van der Waals surface area contributed by atoms with Crippen molar-refractivity contribution in [3.63, 3.8) is 0 Å². The van der Waals surface area contributed by atoms with Crippen LogP contribution >= 0.6 is 31.9 Å². The van der Waals surface area contributed by atoms with Crippen LogP contribution in [0.5, 0.6) is 0 Å². The van der Waals surface area contributed by atoms with Crippen LogP contribution in [0.1, 0.15) is 101 Å². The van der Waals surface area contributed by atoms with E-state index in [1.807, 2.05) is 125 Å². The molecule has 18 heteroatoms. The average Bonchev–Trinajstić information content (AvgIpc) is 4.09. The molecule has 5 aromatic carbocycles. The van der Waals surface area contributed by atoms with Crippen LogP contribution in [0.4, 0.5) is 26.7 Å². The summed E-state index contributed by atoms with van der Waals surface area (Å²) in [6.07, 6.45) is 1.38. The SMILES string of the molecule is CC(C)(C)N(C(=O)O)[C@H](C(=O)N1CCCN1c1ccccc1Br)c1ccccc1.CC(C)(C)[Si](C)(C)O[C@@H]1CO[C@H]2C[C@@H]1Nc1ccc(CNC(=O)N[C@H](C(=O)N3CCCN3c3ccccc3Br)c3ccccc3)cc12. The summed E-state index contributed by atoms with van der Waals surface area (Å²) in [5, 5.41) is 27.1. The van der Waals surface area contributed by atoms with Gasteiger partial charge in [0.15, 0.2) is 8.32 Å². The first-order chi connectivity index (χ1) is 36.1. The van der Waals surface area contributed by atoms with Gasteiger partial charge in [-0.2, -0.15) is 0 Å². The standard InChI is InChI=1S/C36H46BrN5O4Si.C22H26BrN3O3/c1-36(2,3)47(4,5)46-32-23-45-31-21-29(32)39-28-17-16-24(20-26(28)31)22-38-35(44)40-33(25-12-7-6-8-13-25)34(43)42-19-11-18-41(42)30-15-10-9-14-27(30)37;1-22(2,3)26(21(28)29)19(16-10-5-4-6-11-16)20(27)25-15-9-14-24(25)18-13-8-7-12-17(18)23/h6-10,12-17,20,29,31-33,39H,11,18-19,21-23H2,1-5H3,(H2,38,40,44);4-8,10-13,19H,9,14-15H2,1-3H3,(H,28,29)/t29-,31-,32+,33-;19-/m00/s1. The first-order valence-corrected chi connectivity index (χ1v) is 30.6. The Morgan fingerprint density at radius 1 is 0.750 bits per heavy atom. The maximum absolute atomic E-state index is 14.1. The quantitative estimate of drug-likeness (QED) is 0.0886. The molecule has 2 bridgehead atoms. The maximum Gasteiger partial charge on any atom is 0.408 e. The predicted molar refractivity (Wildman–Crippen MR) is 308 cm³/mol. The van der Waals surface area contributed by atoms with Crippen molar-refractivity contribution in [1.82, 2.24) is 25.6 Å². The van der Waals surface area contributed by atoms with Gasteiger partial charge in [0.25, 0.3) is 11.8 Å². The van der Waals surface area contributed by atoms with E-state index in [0.717, 1.165) is 62.0 Å². The number of carbonyl (C=O) groups is 4. The molecule has 404 valence electrons. The highest BCUT2D eigenvalue weighted by atomic mass is 79.9. The zero-order chi connectivity index (χ0) is 54.5. The highest BCUT2D eigenvalue weighted by Crippen LogP contribution is 2.44. The van der Waals surface area contributed by atoms with Crippen LogP contribution in [-0.4, -0.2) is 103 Å². The number of urea groups is 1. The van der Waals surface area contributed by atoms with E-state index in [4.69, 9.17) is 9.16 Å². The number of nitrogens with one attached hydrogen (secondary N) is 3. The van der Waals surface area contributed by atoms with Crippen molar-refractivity contribution in [2.24, 2.45) is 0 Å². The van der Waals surface area contributed by atoms with Crippen LogP contribution in [0, 0.1) is 0 Å². The average molecular weight is 1180 g/mol. The lowest BCUT2D eigenvalue weighted by molar-refractivity contribution is -0.138. The Morgan fingerprint density at radius 2 is 1.29 bits per heavy atom. The molecule has 4 N–H and O–H groups in total. The van der Waals surface area contributed by atoms with Crippen molar-refractivity contribution in [3.8, 4) is 0 Å². The number of hydrogen-bond donors (Lipinski definition) is 4. The Morgan fingerprint density at radius 3 is 1.83 bits per heavy atom. The Labute approximate surface area is 465 Å². The van der Waals surface area contributed by atoms with Gasteiger partial charge < -0.3 is 30.2 Å². The minimum atomic E-state index is -1.93. The summed E-state index contributed by atoms with van der Waals surface area (Å²) in [5.41, 5.74) is 5.57. The van der Waals surface area contributed by atoms with Gasteiger partial charge >= 0.3 is 12.1 Å². The Bertz CT molecular complexity index is 2850. The van der Waals surface area contributed by atoms with E-state index >= 15 is 0 Å². The minimum Gasteiger partial charge on any atom is -0.465 e. The molecule has 4 aliphatic heterocycles. The zero-order valence-electron chi connectivity index (χ0n) is 44.8. The third-order valence-electron chi connectivity index (χ3n) is 14.9. The lowest BCUT2D eigenvalue weighted by Gasteiger charge is -2.47. The smallest absolute Gasteiger partial charge is 0.408 e. The molecule has 76 heavy (non-hydrogen) atoms. The van der Waals surface area contributed by atoms with Crippen LogP contribution in [0.25, 0.3) is 0 Å². The van der Waals surface area contributed by atoms with Gasteiger partial charge in [-0.3, -0.25) is 34.5 Å². The van der Waals surface area contributed by atoms with Gasteiger partial charge in [0.1, 0.15) is 12.1 Å². The molecule has 0 radical (unpaired) electrons. The van der Waals surface area contributed by atoms with Crippen LogP contribution in [0.2, 0.25) is 18.1 Å². The summed E-state index contributed by atoms with van der Waals surface area (Å²) in [7, 11) is -1.93. The van der Waals surface area contributed by atoms with E-state index < -0.39 is 38.1 Å². The molecule has 3 saturated heterocycles. The molecule has 3 fully saturated rings. The summed E-state index contributed by atoms with van der Waals surface area (Å²) >= 11 is 7.19. The second-order valence-corrected chi connectivity index (χ2v) is 28.7. The van der Waals surface area contributed by atoms with Gasteiger partial charge in [-0.05, 0) is 137 Å². The number of fused-ring (bicyclic) bond motifs is 4. The molecule has 5 aromatic rings. The van der Waals surface area contributed by atoms with E-state index in [0.29, 0.717) is 44.9 Å². The number of nitrogens with zero attached hydrogens (tertiary/aromatic N) is 5. The van der Waals surface area contributed by atoms with Crippen molar-refractivity contribution >= 4 is 81.2 Å². The van der Waals surface area contributed by atoms with Gasteiger partial charge in [-0.1, -0.05) is 112 Å². The summed E-state index contributed by atoms with van der Waals surface area (Å²) < 4.78 is 14.9. The number of amides is 5. The molecular formula is C58H72Br2N8O7Si. The van der Waals surface area contributed by atoms with Crippen LogP contribution < -0.4 is 26.0 Å². The molecule has 9 rings (SSSR count).